The third-order valence-electron chi connectivity index (χ3n) is 3.12. The molecule has 0 aliphatic rings. The molecule has 2 aromatic rings. The average molecular weight is 357 g/mol. The lowest BCUT2D eigenvalue weighted by molar-refractivity contribution is -0.112. The zero-order valence-corrected chi connectivity index (χ0v) is 14.5. The highest BCUT2D eigenvalue weighted by molar-refractivity contribution is 6.32. The third kappa shape index (κ3) is 5.27. The van der Waals surface area contributed by atoms with Gasteiger partial charge in [0.1, 0.15) is 23.1 Å². The summed E-state index contributed by atoms with van der Waals surface area (Å²) in [7, 11) is 0. The van der Waals surface area contributed by atoms with Gasteiger partial charge in [-0.05, 0) is 61.9 Å². The lowest BCUT2D eigenvalue weighted by Gasteiger charge is -2.11. The van der Waals surface area contributed by atoms with Gasteiger partial charge in [-0.15, -0.1) is 0 Å². The Morgan fingerprint density at radius 2 is 1.96 bits per heavy atom. The first-order valence-electron chi connectivity index (χ1n) is 7.57. The number of hydrogen-bond acceptors (Lipinski definition) is 4. The van der Waals surface area contributed by atoms with Gasteiger partial charge in [-0.1, -0.05) is 17.7 Å². The number of anilines is 1. The number of phenolic OH excluding ortho intramolecular Hbond substituents is 1. The summed E-state index contributed by atoms with van der Waals surface area (Å²) in [5, 5.41) is 21.5. The molecule has 25 heavy (non-hydrogen) atoms. The Labute approximate surface area is 151 Å². The predicted octanol–water partition coefficient (Wildman–Crippen LogP) is 4.38. The number of amides is 1. The van der Waals surface area contributed by atoms with Gasteiger partial charge in [0.15, 0.2) is 0 Å². The average Bonchev–Trinajstić information content (AvgIpc) is 2.56. The summed E-state index contributed by atoms with van der Waals surface area (Å²) in [6, 6.07) is 12.9. The number of halogens is 1. The second-order valence-electron chi connectivity index (χ2n) is 5.53. The smallest absolute Gasteiger partial charge is 0.266 e. The summed E-state index contributed by atoms with van der Waals surface area (Å²) in [4.78, 5) is 12.2. The Kier molecular flexibility index (Phi) is 6.04. The monoisotopic (exact) mass is 356 g/mol. The normalized spacial score (nSPS) is 11.1. The molecular formula is C19H17ClN2O3. The van der Waals surface area contributed by atoms with Crippen LogP contribution in [0.2, 0.25) is 5.02 Å². The molecule has 0 spiro atoms. The van der Waals surface area contributed by atoms with Crippen LogP contribution in [0.3, 0.4) is 0 Å². The molecule has 2 rings (SSSR count). The first-order valence-corrected chi connectivity index (χ1v) is 7.95. The number of rotatable bonds is 5. The van der Waals surface area contributed by atoms with Crippen molar-refractivity contribution in [3.8, 4) is 17.6 Å². The standard InChI is InChI=1S/C19H17ClN2O3/c1-12(2)25-18-8-3-13(10-17(18)20)9-14(11-21)19(24)22-15-4-6-16(23)7-5-15/h3-10,12,23H,1-2H3,(H,22,24)/b14-9-. The van der Waals surface area contributed by atoms with Crippen LogP contribution >= 0.6 is 11.6 Å². The van der Waals surface area contributed by atoms with E-state index in [1.807, 2.05) is 19.9 Å². The van der Waals surface area contributed by atoms with Gasteiger partial charge in [0.2, 0.25) is 0 Å². The van der Waals surface area contributed by atoms with Crippen molar-refractivity contribution in [3.05, 3.63) is 58.6 Å². The summed E-state index contributed by atoms with van der Waals surface area (Å²) in [5.41, 5.74) is 1.02. The molecule has 6 heteroatoms. The Bertz CT molecular complexity index is 837. The predicted molar refractivity (Wildman–Crippen MR) is 97.5 cm³/mol. The number of carbonyl (C=O) groups is 1. The van der Waals surface area contributed by atoms with Crippen LogP contribution in [0.15, 0.2) is 48.0 Å². The maximum absolute atomic E-state index is 12.2. The van der Waals surface area contributed by atoms with Gasteiger partial charge < -0.3 is 15.2 Å². The van der Waals surface area contributed by atoms with Crippen LogP contribution in [-0.4, -0.2) is 17.1 Å². The molecule has 0 radical (unpaired) electrons. The van der Waals surface area contributed by atoms with Crippen LogP contribution in [0.5, 0.6) is 11.5 Å². The quantitative estimate of drug-likeness (QED) is 0.473. The van der Waals surface area contributed by atoms with Crippen molar-refractivity contribution in [2.75, 3.05) is 5.32 Å². The van der Waals surface area contributed by atoms with Crippen molar-refractivity contribution < 1.29 is 14.6 Å². The maximum Gasteiger partial charge on any atom is 0.266 e. The van der Waals surface area contributed by atoms with Gasteiger partial charge in [-0.2, -0.15) is 5.26 Å². The Morgan fingerprint density at radius 3 is 2.52 bits per heavy atom. The van der Waals surface area contributed by atoms with E-state index in [1.54, 1.807) is 18.2 Å². The number of hydrogen-bond donors (Lipinski definition) is 2. The van der Waals surface area contributed by atoms with Crippen molar-refractivity contribution in [2.45, 2.75) is 20.0 Å². The number of nitrogens with one attached hydrogen (secondary N) is 1. The number of ether oxygens (including phenoxy) is 1. The van der Waals surface area contributed by atoms with Gasteiger partial charge >= 0.3 is 0 Å². The largest absolute Gasteiger partial charge is 0.508 e. The van der Waals surface area contributed by atoms with Gasteiger partial charge in [0.05, 0.1) is 11.1 Å². The van der Waals surface area contributed by atoms with E-state index in [9.17, 15) is 15.2 Å². The topological polar surface area (TPSA) is 82.3 Å². The molecule has 2 N–H and O–H groups in total. The van der Waals surface area contributed by atoms with E-state index in [-0.39, 0.29) is 17.4 Å². The first kappa shape index (κ1) is 18.4. The summed E-state index contributed by atoms with van der Waals surface area (Å²) in [6.07, 6.45) is 1.44. The van der Waals surface area contributed by atoms with Crippen molar-refractivity contribution in [3.63, 3.8) is 0 Å². The highest BCUT2D eigenvalue weighted by Gasteiger charge is 2.11. The van der Waals surface area contributed by atoms with Gasteiger partial charge in [0.25, 0.3) is 5.91 Å². The molecule has 1 amide bonds. The molecule has 128 valence electrons. The lowest BCUT2D eigenvalue weighted by Crippen LogP contribution is -2.13. The molecule has 0 fully saturated rings. The van der Waals surface area contributed by atoms with Crippen LogP contribution in [-0.2, 0) is 4.79 Å². The molecule has 0 aliphatic carbocycles. The van der Waals surface area contributed by atoms with E-state index >= 15 is 0 Å². The molecule has 5 nitrogen and oxygen atoms in total. The van der Waals surface area contributed by atoms with E-state index in [0.29, 0.717) is 22.0 Å². The van der Waals surface area contributed by atoms with Crippen LogP contribution in [0.4, 0.5) is 5.69 Å². The molecule has 2 aromatic carbocycles. The van der Waals surface area contributed by atoms with E-state index in [2.05, 4.69) is 5.32 Å². The van der Waals surface area contributed by atoms with Gasteiger partial charge in [0, 0.05) is 5.69 Å². The first-order chi connectivity index (χ1) is 11.9. The number of phenols is 1. The molecule has 0 atom stereocenters. The van der Waals surface area contributed by atoms with E-state index < -0.39 is 5.91 Å². The summed E-state index contributed by atoms with van der Waals surface area (Å²) < 4.78 is 5.55. The number of aromatic hydroxyl groups is 1. The number of carbonyl (C=O) groups excluding carboxylic acids is 1. The van der Waals surface area contributed by atoms with E-state index in [1.165, 1.54) is 30.3 Å². The number of benzene rings is 2. The molecule has 0 bridgehead atoms. The fourth-order valence-corrected chi connectivity index (χ4v) is 2.25. The van der Waals surface area contributed by atoms with Crippen molar-refractivity contribution >= 4 is 29.3 Å². The summed E-state index contributed by atoms with van der Waals surface area (Å²) >= 11 is 6.16. The molecule has 0 saturated carbocycles. The Hall–Kier alpha value is -2.97. The second kappa shape index (κ2) is 8.22. The van der Waals surface area contributed by atoms with Crippen LogP contribution in [0.1, 0.15) is 19.4 Å². The number of nitriles is 1. The molecule has 0 aliphatic heterocycles. The van der Waals surface area contributed by atoms with E-state index in [0.717, 1.165) is 0 Å². The highest BCUT2D eigenvalue weighted by Crippen LogP contribution is 2.27. The SMILES string of the molecule is CC(C)Oc1ccc(/C=C(/C#N)C(=O)Nc2ccc(O)cc2)cc1Cl. The Morgan fingerprint density at radius 1 is 1.28 bits per heavy atom. The molecule has 0 unspecified atom stereocenters. The Balaban J connectivity index is 2.19. The number of nitrogens with zero attached hydrogens (tertiary/aromatic N) is 1. The molecule has 0 heterocycles. The van der Waals surface area contributed by atoms with Crippen molar-refractivity contribution in [1.82, 2.24) is 0 Å². The van der Waals surface area contributed by atoms with Crippen LogP contribution in [0.25, 0.3) is 6.08 Å². The highest BCUT2D eigenvalue weighted by atomic mass is 35.5. The minimum Gasteiger partial charge on any atom is -0.508 e. The third-order valence-corrected chi connectivity index (χ3v) is 3.42. The second-order valence-corrected chi connectivity index (χ2v) is 5.93. The fraction of sp³-hybridized carbons (Fsp3) is 0.158. The van der Waals surface area contributed by atoms with Crippen LogP contribution in [0, 0.1) is 11.3 Å². The van der Waals surface area contributed by atoms with Crippen molar-refractivity contribution in [2.24, 2.45) is 0 Å². The molecule has 0 saturated heterocycles. The lowest BCUT2D eigenvalue weighted by atomic mass is 10.1. The van der Waals surface area contributed by atoms with E-state index in [4.69, 9.17) is 16.3 Å². The van der Waals surface area contributed by atoms with Gasteiger partial charge in [-0.3, -0.25) is 4.79 Å². The molecule has 0 aromatic heterocycles. The zero-order chi connectivity index (χ0) is 18.4. The van der Waals surface area contributed by atoms with Crippen LogP contribution < -0.4 is 10.1 Å². The minimum absolute atomic E-state index is 0.00958. The minimum atomic E-state index is -0.549. The molecular weight excluding hydrogens is 340 g/mol. The zero-order valence-electron chi connectivity index (χ0n) is 13.8. The summed E-state index contributed by atoms with van der Waals surface area (Å²) in [5.74, 6) is 0.0834. The maximum atomic E-state index is 12.2. The fourth-order valence-electron chi connectivity index (χ4n) is 2.01. The summed E-state index contributed by atoms with van der Waals surface area (Å²) in [6.45, 7) is 3.79. The van der Waals surface area contributed by atoms with Crippen molar-refractivity contribution in [1.29, 1.82) is 5.26 Å². The van der Waals surface area contributed by atoms with Gasteiger partial charge in [-0.25, -0.2) is 0 Å².